The molecule has 116 valence electrons. The molecule has 0 aliphatic rings. The molecule has 5 rings (SSSR count). The molecule has 5 aromatic rings. The third-order valence-electron chi connectivity index (χ3n) is 4.90. The number of rotatable bonds is 1. The number of benzene rings is 3. The third kappa shape index (κ3) is 1.71. The predicted molar refractivity (Wildman–Crippen MR) is 100 cm³/mol. The molecule has 0 saturated carbocycles. The molecular weight excluding hydrogens is 294 g/mol. The third-order valence-corrected chi connectivity index (χ3v) is 4.90. The van der Waals surface area contributed by atoms with Crippen LogP contribution in [0.3, 0.4) is 0 Å². The van der Waals surface area contributed by atoms with E-state index in [0.717, 1.165) is 16.9 Å². The highest BCUT2D eigenvalue weighted by molar-refractivity contribution is 6.20. The fourth-order valence-corrected chi connectivity index (χ4v) is 3.71. The van der Waals surface area contributed by atoms with Crippen LogP contribution in [-0.4, -0.2) is 4.57 Å². The summed E-state index contributed by atoms with van der Waals surface area (Å²) in [6.45, 7) is 4.26. The molecule has 2 heterocycles. The number of furan rings is 1. The van der Waals surface area contributed by atoms with Gasteiger partial charge >= 0.3 is 0 Å². The SMILES string of the molecule is Cc1ccc2c(oc3ccc4ccccc4c32)c1-n1cccc1C. The van der Waals surface area contributed by atoms with Crippen molar-refractivity contribution in [3.63, 3.8) is 0 Å². The minimum atomic E-state index is 0.945. The molecule has 0 fully saturated rings. The summed E-state index contributed by atoms with van der Waals surface area (Å²) in [6, 6.07) is 21.3. The van der Waals surface area contributed by atoms with Crippen molar-refractivity contribution in [3.8, 4) is 5.69 Å². The summed E-state index contributed by atoms with van der Waals surface area (Å²) in [4.78, 5) is 0. The van der Waals surface area contributed by atoms with E-state index in [1.165, 1.54) is 32.8 Å². The largest absolute Gasteiger partial charge is 0.454 e. The van der Waals surface area contributed by atoms with E-state index in [-0.39, 0.29) is 0 Å². The van der Waals surface area contributed by atoms with Gasteiger partial charge in [-0.3, -0.25) is 0 Å². The highest BCUT2D eigenvalue weighted by Gasteiger charge is 2.16. The minimum absolute atomic E-state index is 0.945. The maximum absolute atomic E-state index is 6.33. The molecule has 0 unspecified atom stereocenters. The van der Waals surface area contributed by atoms with E-state index in [9.17, 15) is 0 Å². The van der Waals surface area contributed by atoms with Gasteiger partial charge in [0.05, 0.1) is 5.69 Å². The van der Waals surface area contributed by atoms with Crippen LogP contribution in [0.1, 0.15) is 11.3 Å². The Morgan fingerprint density at radius 3 is 2.50 bits per heavy atom. The first-order valence-electron chi connectivity index (χ1n) is 8.22. The Morgan fingerprint density at radius 2 is 1.67 bits per heavy atom. The van der Waals surface area contributed by atoms with E-state index < -0.39 is 0 Å². The lowest BCUT2D eigenvalue weighted by atomic mass is 10.0. The number of aryl methyl sites for hydroxylation is 2. The quantitative estimate of drug-likeness (QED) is 0.363. The van der Waals surface area contributed by atoms with Crippen molar-refractivity contribution < 1.29 is 4.42 Å². The van der Waals surface area contributed by atoms with Crippen LogP contribution >= 0.6 is 0 Å². The van der Waals surface area contributed by atoms with Crippen LogP contribution in [-0.2, 0) is 0 Å². The van der Waals surface area contributed by atoms with Crippen LogP contribution in [0.4, 0.5) is 0 Å². The molecule has 0 spiro atoms. The highest BCUT2D eigenvalue weighted by atomic mass is 16.3. The summed E-state index contributed by atoms with van der Waals surface area (Å²) >= 11 is 0. The molecule has 0 aliphatic heterocycles. The van der Waals surface area contributed by atoms with E-state index in [2.05, 4.69) is 85.3 Å². The summed E-state index contributed by atoms with van der Waals surface area (Å²) in [5, 5.41) is 4.87. The lowest BCUT2D eigenvalue weighted by Gasteiger charge is -2.10. The number of fused-ring (bicyclic) bond motifs is 5. The Labute approximate surface area is 139 Å². The normalized spacial score (nSPS) is 11.8. The molecule has 0 N–H and O–H groups in total. The lowest BCUT2D eigenvalue weighted by molar-refractivity contribution is 0.664. The molecule has 24 heavy (non-hydrogen) atoms. The van der Waals surface area contributed by atoms with Crippen molar-refractivity contribution in [2.75, 3.05) is 0 Å². The van der Waals surface area contributed by atoms with Gasteiger partial charge in [0.1, 0.15) is 5.58 Å². The number of aromatic nitrogens is 1. The van der Waals surface area contributed by atoms with Gasteiger partial charge < -0.3 is 8.98 Å². The smallest absolute Gasteiger partial charge is 0.159 e. The minimum Gasteiger partial charge on any atom is -0.454 e. The molecular formula is C22H17NO. The van der Waals surface area contributed by atoms with Crippen LogP contribution in [0.5, 0.6) is 0 Å². The first kappa shape index (κ1) is 13.4. The molecule has 0 aliphatic carbocycles. The van der Waals surface area contributed by atoms with Gasteiger partial charge in [-0.15, -0.1) is 0 Å². The fourth-order valence-electron chi connectivity index (χ4n) is 3.71. The van der Waals surface area contributed by atoms with Gasteiger partial charge in [0.15, 0.2) is 5.58 Å². The zero-order chi connectivity index (χ0) is 16.3. The Balaban J connectivity index is 2.01. The Morgan fingerprint density at radius 1 is 0.792 bits per heavy atom. The molecule has 2 aromatic heterocycles. The average molecular weight is 311 g/mol. The zero-order valence-electron chi connectivity index (χ0n) is 13.7. The first-order chi connectivity index (χ1) is 11.7. The van der Waals surface area contributed by atoms with Crippen molar-refractivity contribution >= 4 is 32.7 Å². The maximum Gasteiger partial charge on any atom is 0.159 e. The van der Waals surface area contributed by atoms with Crippen molar-refractivity contribution in [2.24, 2.45) is 0 Å². The molecule has 2 heteroatoms. The zero-order valence-corrected chi connectivity index (χ0v) is 13.7. The molecule has 0 atom stereocenters. The predicted octanol–water partition coefficient (Wildman–Crippen LogP) is 6.15. The van der Waals surface area contributed by atoms with E-state index in [1.807, 2.05) is 0 Å². The van der Waals surface area contributed by atoms with E-state index >= 15 is 0 Å². The van der Waals surface area contributed by atoms with Crippen LogP contribution in [0.25, 0.3) is 38.4 Å². The van der Waals surface area contributed by atoms with Crippen molar-refractivity contribution in [2.45, 2.75) is 13.8 Å². The van der Waals surface area contributed by atoms with Crippen LogP contribution < -0.4 is 0 Å². The number of nitrogens with zero attached hydrogens (tertiary/aromatic N) is 1. The maximum atomic E-state index is 6.33. The summed E-state index contributed by atoms with van der Waals surface area (Å²) in [7, 11) is 0. The van der Waals surface area contributed by atoms with Crippen molar-refractivity contribution in [1.82, 2.24) is 4.57 Å². The van der Waals surface area contributed by atoms with Crippen LogP contribution in [0.2, 0.25) is 0 Å². The summed E-state index contributed by atoms with van der Waals surface area (Å²) in [5.41, 5.74) is 5.46. The van der Waals surface area contributed by atoms with E-state index in [1.54, 1.807) is 0 Å². The van der Waals surface area contributed by atoms with Crippen LogP contribution in [0, 0.1) is 13.8 Å². The molecule has 0 saturated heterocycles. The molecule has 0 amide bonds. The van der Waals surface area contributed by atoms with E-state index in [4.69, 9.17) is 4.42 Å². The summed E-state index contributed by atoms with van der Waals surface area (Å²) in [5.74, 6) is 0. The average Bonchev–Trinajstić information content (AvgIpc) is 3.18. The second-order valence-corrected chi connectivity index (χ2v) is 6.39. The monoisotopic (exact) mass is 311 g/mol. The molecule has 2 nitrogen and oxygen atoms in total. The topological polar surface area (TPSA) is 18.1 Å². The standard InChI is InChI=1S/C22H17NO/c1-14-9-11-18-20-17-8-4-3-7-16(17)10-12-19(20)24-22(18)21(14)23-13-5-6-15(23)2/h3-13H,1-2H3. The lowest BCUT2D eigenvalue weighted by Crippen LogP contribution is -1.97. The van der Waals surface area contributed by atoms with Gasteiger partial charge in [-0.2, -0.15) is 0 Å². The number of hydrogen-bond donors (Lipinski definition) is 0. The number of hydrogen-bond acceptors (Lipinski definition) is 1. The second kappa shape index (κ2) is 4.75. The Bertz CT molecular complexity index is 1220. The van der Waals surface area contributed by atoms with Crippen molar-refractivity contribution in [3.05, 3.63) is 78.1 Å². The van der Waals surface area contributed by atoms with Gasteiger partial charge in [-0.05, 0) is 48.4 Å². The Kier molecular flexibility index (Phi) is 2.66. The van der Waals surface area contributed by atoms with E-state index in [0.29, 0.717) is 0 Å². The van der Waals surface area contributed by atoms with Gasteiger partial charge in [0.25, 0.3) is 0 Å². The highest BCUT2D eigenvalue weighted by Crippen LogP contribution is 2.38. The Hall–Kier alpha value is -3.00. The fraction of sp³-hybridized carbons (Fsp3) is 0.0909. The molecule has 0 radical (unpaired) electrons. The summed E-state index contributed by atoms with van der Waals surface area (Å²) < 4.78 is 8.54. The molecule has 0 bridgehead atoms. The van der Waals surface area contributed by atoms with Gasteiger partial charge in [-0.1, -0.05) is 42.5 Å². The van der Waals surface area contributed by atoms with Crippen LogP contribution in [0.15, 0.2) is 71.3 Å². The van der Waals surface area contributed by atoms with Gasteiger partial charge in [-0.25, -0.2) is 0 Å². The van der Waals surface area contributed by atoms with Gasteiger partial charge in [0.2, 0.25) is 0 Å². The second-order valence-electron chi connectivity index (χ2n) is 6.39. The van der Waals surface area contributed by atoms with Crippen molar-refractivity contribution in [1.29, 1.82) is 0 Å². The summed E-state index contributed by atoms with van der Waals surface area (Å²) in [6.07, 6.45) is 2.10. The van der Waals surface area contributed by atoms with Gasteiger partial charge in [0, 0.05) is 22.7 Å². The molecule has 3 aromatic carbocycles. The first-order valence-corrected chi connectivity index (χ1v) is 8.22.